The first-order valence-electron chi connectivity index (χ1n) is 6.91. The van der Waals surface area contributed by atoms with Crippen LogP contribution in [-0.4, -0.2) is 29.1 Å². The molecule has 0 atom stereocenters. The number of H-pyrrole nitrogens is 1. The fourth-order valence-electron chi connectivity index (χ4n) is 2.09. The molecule has 8 heteroatoms. The summed E-state index contributed by atoms with van der Waals surface area (Å²) in [5.74, 6) is -0.640. The Bertz CT molecular complexity index is 785. The third-order valence-electron chi connectivity index (χ3n) is 3.37. The second-order valence-corrected chi connectivity index (χ2v) is 6.00. The number of thioether (sulfide) groups is 1. The van der Waals surface area contributed by atoms with E-state index in [1.807, 2.05) is 30.5 Å². The standard InChI is InChI=1S/C16H15F3N2O2S/c1-21(9-10-3-5-11(24-2)6-4-10)15(23)12-7-8-13(16(17,18)19)20-14(12)22/h3-8H,9H2,1-2H3,(H,20,22). The van der Waals surface area contributed by atoms with E-state index in [0.29, 0.717) is 6.07 Å². The van der Waals surface area contributed by atoms with Crippen molar-refractivity contribution in [2.24, 2.45) is 0 Å². The molecule has 0 unspecified atom stereocenters. The van der Waals surface area contributed by atoms with Gasteiger partial charge < -0.3 is 9.88 Å². The van der Waals surface area contributed by atoms with Crippen LogP contribution in [-0.2, 0) is 12.7 Å². The van der Waals surface area contributed by atoms with Gasteiger partial charge in [-0.2, -0.15) is 13.2 Å². The molecular weight excluding hydrogens is 341 g/mol. The van der Waals surface area contributed by atoms with Crippen molar-refractivity contribution >= 4 is 17.7 Å². The minimum atomic E-state index is -4.66. The SMILES string of the molecule is CSc1ccc(CN(C)C(=O)c2ccc(C(F)(F)F)[nH]c2=O)cc1. The highest BCUT2D eigenvalue weighted by Crippen LogP contribution is 2.26. The lowest BCUT2D eigenvalue weighted by Gasteiger charge is -2.17. The molecule has 128 valence electrons. The number of rotatable bonds is 4. The van der Waals surface area contributed by atoms with E-state index in [4.69, 9.17) is 0 Å². The van der Waals surface area contributed by atoms with E-state index in [0.717, 1.165) is 16.5 Å². The van der Waals surface area contributed by atoms with Crippen LogP contribution in [0.3, 0.4) is 0 Å². The predicted molar refractivity (Wildman–Crippen MR) is 86.1 cm³/mol. The number of aromatic nitrogens is 1. The Morgan fingerprint density at radius 1 is 1.17 bits per heavy atom. The van der Waals surface area contributed by atoms with Crippen molar-refractivity contribution in [3.63, 3.8) is 0 Å². The molecule has 4 nitrogen and oxygen atoms in total. The normalized spacial score (nSPS) is 11.4. The lowest BCUT2D eigenvalue weighted by atomic mass is 10.2. The van der Waals surface area contributed by atoms with Gasteiger partial charge in [-0.25, -0.2) is 0 Å². The summed E-state index contributed by atoms with van der Waals surface area (Å²) in [6, 6.07) is 9.11. The van der Waals surface area contributed by atoms with Gasteiger partial charge in [0.05, 0.1) is 0 Å². The molecule has 1 N–H and O–H groups in total. The number of nitrogens with zero attached hydrogens (tertiary/aromatic N) is 1. The molecule has 1 heterocycles. The largest absolute Gasteiger partial charge is 0.431 e. The van der Waals surface area contributed by atoms with E-state index in [-0.39, 0.29) is 12.1 Å². The van der Waals surface area contributed by atoms with Crippen LogP contribution in [0.4, 0.5) is 13.2 Å². The number of halogens is 3. The summed E-state index contributed by atoms with van der Waals surface area (Å²) < 4.78 is 37.6. The summed E-state index contributed by atoms with van der Waals surface area (Å²) in [6.45, 7) is 0.244. The summed E-state index contributed by atoms with van der Waals surface area (Å²) >= 11 is 1.59. The van der Waals surface area contributed by atoms with Crippen molar-refractivity contribution in [2.45, 2.75) is 17.6 Å². The monoisotopic (exact) mass is 356 g/mol. The summed E-state index contributed by atoms with van der Waals surface area (Å²) in [5.41, 5.74) is -1.71. The van der Waals surface area contributed by atoms with Gasteiger partial charge in [0, 0.05) is 18.5 Å². The van der Waals surface area contributed by atoms with Crippen molar-refractivity contribution in [1.82, 2.24) is 9.88 Å². The Hall–Kier alpha value is -2.22. The predicted octanol–water partition coefficient (Wildman–Crippen LogP) is 3.39. The van der Waals surface area contributed by atoms with Gasteiger partial charge in [-0.1, -0.05) is 12.1 Å². The summed E-state index contributed by atoms with van der Waals surface area (Å²) in [7, 11) is 1.49. The smallest absolute Gasteiger partial charge is 0.337 e. The summed E-state index contributed by atoms with van der Waals surface area (Å²) in [4.78, 5) is 28.1. The molecule has 0 saturated heterocycles. The number of amides is 1. The lowest BCUT2D eigenvalue weighted by molar-refractivity contribution is -0.141. The molecule has 1 aromatic heterocycles. The third kappa shape index (κ3) is 4.19. The number of benzene rings is 1. The molecule has 2 aromatic rings. The number of hydrogen-bond acceptors (Lipinski definition) is 3. The van der Waals surface area contributed by atoms with Crippen molar-refractivity contribution in [3.8, 4) is 0 Å². The highest BCUT2D eigenvalue weighted by Gasteiger charge is 2.32. The molecule has 24 heavy (non-hydrogen) atoms. The molecule has 1 aromatic carbocycles. The second kappa shape index (κ2) is 7.12. The Kier molecular flexibility index (Phi) is 5.38. The molecule has 0 aliphatic rings. The molecular formula is C16H15F3N2O2S. The van der Waals surface area contributed by atoms with E-state index in [9.17, 15) is 22.8 Å². The van der Waals surface area contributed by atoms with Gasteiger partial charge in [-0.05, 0) is 36.1 Å². The molecule has 0 aliphatic heterocycles. The van der Waals surface area contributed by atoms with E-state index in [1.54, 1.807) is 16.7 Å². The number of carbonyl (C=O) groups is 1. The topological polar surface area (TPSA) is 53.2 Å². The Labute approximate surface area is 140 Å². The summed E-state index contributed by atoms with van der Waals surface area (Å²) in [6.07, 6.45) is -2.72. The number of pyridine rings is 1. The first-order valence-corrected chi connectivity index (χ1v) is 8.13. The van der Waals surface area contributed by atoms with E-state index >= 15 is 0 Å². The maximum Gasteiger partial charge on any atom is 0.431 e. The Morgan fingerprint density at radius 2 is 1.79 bits per heavy atom. The van der Waals surface area contributed by atoms with Crippen LogP contribution in [0.5, 0.6) is 0 Å². The number of hydrogen-bond donors (Lipinski definition) is 1. The van der Waals surface area contributed by atoms with Crippen LogP contribution in [0.15, 0.2) is 46.1 Å². The minimum absolute atomic E-state index is 0.244. The third-order valence-corrected chi connectivity index (χ3v) is 4.11. The molecule has 0 saturated carbocycles. The quantitative estimate of drug-likeness (QED) is 0.855. The van der Waals surface area contributed by atoms with Crippen LogP contribution in [0, 0.1) is 0 Å². The minimum Gasteiger partial charge on any atom is -0.337 e. The van der Waals surface area contributed by atoms with Gasteiger partial charge in [0.2, 0.25) is 0 Å². The van der Waals surface area contributed by atoms with Gasteiger partial charge >= 0.3 is 6.18 Å². The van der Waals surface area contributed by atoms with Crippen LogP contribution in [0.1, 0.15) is 21.6 Å². The number of carbonyl (C=O) groups excluding carboxylic acids is 1. The van der Waals surface area contributed by atoms with E-state index < -0.39 is 23.3 Å². The first kappa shape index (κ1) is 18.1. The molecule has 2 rings (SSSR count). The molecule has 0 spiro atoms. The fourth-order valence-corrected chi connectivity index (χ4v) is 2.50. The average molecular weight is 356 g/mol. The Balaban J connectivity index is 2.16. The second-order valence-electron chi connectivity index (χ2n) is 5.12. The van der Waals surface area contributed by atoms with E-state index in [1.165, 1.54) is 11.9 Å². The van der Waals surface area contributed by atoms with Crippen molar-refractivity contribution < 1.29 is 18.0 Å². The van der Waals surface area contributed by atoms with Crippen LogP contribution in [0.25, 0.3) is 0 Å². The van der Waals surface area contributed by atoms with Crippen molar-refractivity contribution in [1.29, 1.82) is 0 Å². The van der Waals surface area contributed by atoms with Crippen molar-refractivity contribution in [2.75, 3.05) is 13.3 Å². The van der Waals surface area contributed by atoms with Gasteiger partial charge in [-0.15, -0.1) is 11.8 Å². The maximum atomic E-state index is 12.5. The summed E-state index contributed by atoms with van der Waals surface area (Å²) in [5, 5.41) is 0. The van der Waals surface area contributed by atoms with Crippen LogP contribution >= 0.6 is 11.8 Å². The highest BCUT2D eigenvalue weighted by molar-refractivity contribution is 7.98. The van der Waals surface area contributed by atoms with Crippen molar-refractivity contribution in [3.05, 3.63) is 63.6 Å². The average Bonchev–Trinajstić information content (AvgIpc) is 2.54. The zero-order valence-electron chi connectivity index (χ0n) is 13.0. The molecule has 0 radical (unpaired) electrons. The molecule has 0 aliphatic carbocycles. The molecule has 0 fully saturated rings. The Morgan fingerprint density at radius 3 is 2.29 bits per heavy atom. The van der Waals surface area contributed by atoms with Gasteiger partial charge in [-0.3, -0.25) is 9.59 Å². The number of alkyl halides is 3. The fraction of sp³-hybridized carbons (Fsp3) is 0.250. The van der Waals surface area contributed by atoms with Gasteiger partial charge in [0.25, 0.3) is 11.5 Å². The maximum absolute atomic E-state index is 12.5. The lowest BCUT2D eigenvalue weighted by Crippen LogP contribution is -2.32. The van der Waals surface area contributed by atoms with Crippen LogP contribution in [0.2, 0.25) is 0 Å². The highest BCUT2D eigenvalue weighted by atomic mass is 32.2. The molecule has 0 bridgehead atoms. The zero-order valence-corrected chi connectivity index (χ0v) is 13.8. The number of nitrogens with one attached hydrogen (secondary N) is 1. The first-order chi connectivity index (χ1) is 11.2. The number of aromatic amines is 1. The zero-order chi connectivity index (χ0) is 17.9. The van der Waals surface area contributed by atoms with Gasteiger partial charge in [0.15, 0.2) is 0 Å². The van der Waals surface area contributed by atoms with Gasteiger partial charge in [0.1, 0.15) is 11.3 Å². The van der Waals surface area contributed by atoms with E-state index in [2.05, 4.69) is 0 Å². The molecule has 1 amide bonds. The van der Waals surface area contributed by atoms with Crippen LogP contribution < -0.4 is 5.56 Å².